The van der Waals surface area contributed by atoms with E-state index in [2.05, 4.69) is 26.6 Å². The normalized spacial score (nSPS) is 24.6. The Hall–Kier alpha value is -2.93. The van der Waals surface area contributed by atoms with Gasteiger partial charge in [-0.3, -0.25) is 4.79 Å². The lowest BCUT2D eigenvalue weighted by molar-refractivity contribution is -0.130. The molecule has 3 aliphatic rings. The number of carbonyl (C=O) groups is 2. The molecule has 0 radical (unpaired) electrons. The molecule has 0 spiro atoms. The fraction of sp³-hybridized carbons (Fsp3) is 0.708. The van der Waals surface area contributed by atoms with Crippen molar-refractivity contribution in [3.8, 4) is 6.07 Å². The lowest BCUT2D eigenvalue weighted by Gasteiger charge is -2.31. The number of rotatable bonds is 8. The first-order chi connectivity index (χ1) is 16.6. The molecule has 1 saturated carbocycles. The highest BCUT2D eigenvalue weighted by Gasteiger charge is 2.30. The van der Waals surface area contributed by atoms with Crippen LogP contribution in [-0.4, -0.2) is 77.7 Å². The van der Waals surface area contributed by atoms with Gasteiger partial charge in [0.15, 0.2) is 0 Å². The van der Waals surface area contributed by atoms with Gasteiger partial charge in [0.05, 0.1) is 19.2 Å². The fourth-order valence-corrected chi connectivity index (χ4v) is 5.08. The zero-order chi connectivity index (χ0) is 23.9. The molecule has 0 bridgehead atoms. The highest BCUT2D eigenvalue weighted by atomic mass is 16.5. The van der Waals surface area contributed by atoms with Crippen molar-refractivity contribution in [1.82, 2.24) is 20.2 Å². The third-order valence-corrected chi connectivity index (χ3v) is 6.99. The zero-order valence-corrected chi connectivity index (χ0v) is 20.0. The van der Waals surface area contributed by atoms with Crippen LogP contribution in [-0.2, 0) is 9.53 Å². The second kappa shape index (κ2) is 11.5. The van der Waals surface area contributed by atoms with Crippen molar-refractivity contribution < 1.29 is 14.3 Å². The van der Waals surface area contributed by atoms with E-state index in [1.807, 2.05) is 0 Å². The summed E-state index contributed by atoms with van der Waals surface area (Å²) in [5.74, 6) is 0.793. The first-order valence-electron chi connectivity index (χ1n) is 12.6. The van der Waals surface area contributed by atoms with Crippen LogP contribution in [0.5, 0.6) is 0 Å². The van der Waals surface area contributed by atoms with E-state index in [-0.39, 0.29) is 30.6 Å². The summed E-state index contributed by atoms with van der Waals surface area (Å²) >= 11 is 0. The molecule has 34 heavy (non-hydrogen) atoms. The Morgan fingerprint density at radius 2 is 1.85 bits per heavy atom. The van der Waals surface area contributed by atoms with E-state index < -0.39 is 5.97 Å². The lowest BCUT2D eigenvalue weighted by atomic mass is 9.91. The number of anilines is 2. The van der Waals surface area contributed by atoms with Crippen molar-refractivity contribution in [3.05, 3.63) is 11.8 Å². The average molecular weight is 470 g/mol. The number of aromatic nitrogens is 2. The smallest absolute Gasteiger partial charge is 0.343 e. The van der Waals surface area contributed by atoms with E-state index in [0.29, 0.717) is 30.5 Å². The maximum Gasteiger partial charge on any atom is 0.343 e. The number of amides is 1. The van der Waals surface area contributed by atoms with Gasteiger partial charge in [-0.2, -0.15) is 10.2 Å². The summed E-state index contributed by atoms with van der Waals surface area (Å²) in [7, 11) is 0. The van der Waals surface area contributed by atoms with Gasteiger partial charge in [-0.05, 0) is 58.3 Å². The number of carbonyl (C=O) groups excluding carboxylic acids is 2. The van der Waals surface area contributed by atoms with E-state index in [0.717, 1.165) is 64.5 Å². The van der Waals surface area contributed by atoms with Crippen molar-refractivity contribution in [1.29, 1.82) is 5.26 Å². The van der Waals surface area contributed by atoms with E-state index in [4.69, 9.17) is 9.72 Å². The van der Waals surface area contributed by atoms with Crippen LogP contribution in [0.25, 0.3) is 0 Å². The monoisotopic (exact) mass is 469 g/mol. The molecule has 1 aromatic rings. The number of esters is 1. The third kappa shape index (κ3) is 5.76. The summed E-state index contributed by atoms with van der Waals surface area (Å²) in [6, 6.07) is 2.40. The van der Waals surface area contributed by atoms with Gasteiger partial charge in [-0.1, -0.05) is 0 Å². The topological polar surface area (TPSA) is 123 Å². The molecular weight excluding hydrogens is 434 g/mol. The van der Waals surface area contributed by atoms with Gasteiger partial charge in [0.2, 0.25) is 11.9 Å². The first-order valence-corrected chi connectivity index (χ1v) is 12.6. The Balaban J connectivity index is 1.32. The summed E-state index contributed by atoms with van der Waals surface area (Å²) in [6.07, 6.45) is 9.15. The minimum absolute atomic E-state index is 0.0128. The van der Waals surface area contributed by atoms with Crippen molar-refractivity contribution in [2.24, 2.45) is 0 Å². The summed E-state index contributed by atoms with van der Waals surface area (Å²) < 4.78 is 5.21. The van der Waals surface area contributed by atoms with Crippen LogP contribution >= 0.6 is 0 Å². The molecule has 1 aliphatic carbocycles. The molecule has 184 valence electrons. The van der Waals surface area contributed by atoms with Crippen LogP contribution in [0.4, 0.5) is 11.8 Å². The molecule has 2 N–H and O–H groups in total. The minimum atomic E-state index is -0.413. The predicted molar refractivity (Wildman–Crippen MR) is 127 cm³/mol. The van der Waals surface area contributed by atoms with Crippen molar-refractivity contribution in [2.75, 3.05) is 43.0 Å². The van der Waals surface area contributed by atoms with Crippen molar-refractivity contribution >= 4 is 23.6 Å². The number of hydrogen-bond acceptors (Lipinski definition) is 9. The summed E-state index contributed by atoms with van der Waals surface area (Å²) in [6.45, 7) is 4.90. The van der Waals surface area contributed by atoms with Gasteiger partial charge in [-0.25, -0.2) is 9.78 Å². The molecule has 0 unspecified atom stereocenters. The Morgan fingerprint density at radius 1 is 1.12 bits per heavy atom. The van der Waals surface area contributed by atoms with E-state index >= 15 is 0 Å². The van der Waals surface area contributed by atoms with Crippen molar-refractivity contribution in [2.45, 2.75) is 76.4 Å². The van der Waals surface area contributed by atoms with Crippen molar-refractivity contribution in [3.63, 3.8) is 0 Å². The van der Waals surface area contributed by atoms with Crippen LogP contribution in [0.15, 0.2) is 6.20 Å². The van der Waals surface area contributed by atoms with Crippen LogP contribution in [0, 0.1) is 11.3 Å². The first kappa shape index (κ1) is 24.2. The van der Waals surface area contributed by atoms with Gasteiger partial charge in [0.25, 0.3) is 0 Å². The molecule has 3 heterocycles. The maximum atomic E-state index is 12.5. The summed E-state index contributed by atoms with van der Waals surface area (Å²) in [4.78, 5) is 37.9. The number of nitriles is 1. The Morgan fingerprint density at radius 3 is 2.56 bits per heavy atom. The largest absolute Gasteiger partial charge is 0.462 e. The van der Waals surface area contributed by atoms with E-state index in [1.165, 1.54) is 0 Å². The number of nitrogens with one attached hydrogen (secondary N) is 2. The lowest BCUT2D eigenvalue weighted by Crippen LogP contribution is -2.45. The van der Waals surface area contributed by atoms with Gasteiger partial charge in [0, 0.05) is 37.9 Å². The van der Waals surface area contributed by atoms with Crippen LogP contribution < -0.4 is 15.5 Å². The molecule has 2 aliphatic heterocycles. The molecule has 0 aromatic carbocycles. The van der Waals surface area contributed by atoms with Crippen LogP contribution in [0.2, 0.25) is 0 Å². The number of nitrogens with zero attached hydrogens (tertiary/aromatic N) is 5. The predicted octanol–water partition coefficient (Wildman–Crippen LogP) is 2.08. The number of ether oxygens (including phenoxy) is 1. The van der Waals surface area contributed by atoms with Crippen LogP contribution in [0.3, 0.4) is 0 Å². The third-order valence-electron chi connectivity index (χ3n) is 6.99. The van der Waals surface area contributed by atoms with E-state index in [9.17, 15) is 14.9 Å². The standard InChI is InChI=1S/C24H35N7O3/c1-2-34-23(33)20-15-27-24(30-11-3-4-12-30)29-22(20)28-18-9-7-17(8-10-18)26-16-21(32)31-13-5-6-19(31)14-25/h15,17-19,26H,2-13,16H2,1H3,(H,27,28,29)/t17?,18?,19-/m0/s1. The minimum Gasteiger partial charge on any atom is -0.462 e. The molecule has 10 nitrogen and oxygen atoms in total. The van der Waals surface area contributed by atoms with Crippen LogP contribution in [0.1, 0.15) is 68.6 Å². The van der Waals surface area contributed by atoms with Gasteiger partial charge >= 0.3 is 5.97 Å². The maximum absolute atomic E-state index is 12.5. The number of likely N-dealkylation sites (tertiary alicyclic amines) is 1. The summed E-state index contributed by atoms with van der Waals surface area (Å²) in [5, 5.41) is 16.1. The molecule has 10 heteroatoms. The molecular formula is C24H35N7O3. The van der Waals surface area contributed by atoms with Gasteiger partial charge < -0.3 is 25.2 Å². The Labute approximate surface area is 201 Å². The number of hydrogen-bond donors (Lipinski definition) is 2. The summed E-state index contributed by atoms with van der Waals surface area (Å²) in [5.41, 5.74) is 0.369. The molecule has 1 aromatic heterocycles. The molecule has 1 amide bonds. The highest BCUT2D eigenvalue weighted by Crippen LogP contribution is 2.26. The molecule has 3 fully saturated rings. The van der Waals surface area contributed by atoms with Gasteiger partial charge in [0.1, 0.15) is 17.4 Å². The molecule has 1 atom stereocenters. The quantitative estimate of drug-likeness (QED) is 0.551. The van der Waals surface area contributed by atoms with Gasteiger partial charge in [-0.15, -0.1) is 0 Å². The molecule has 2 saturated heterocycles. The zero-order valence-electron chi connectivity index (χ0n) is 20.0. The Kier molecular flexibility index (Phi) is 8.16. The second-order valence-electron chi connectivity index (χ2n) is 9.29. The molecule has 4 rings (SSSR count). The van der Waals surface area contributed by atoms with E-state index in [1.54, 1.807) is 18.0 Å². The highest BCUT2D eigenvalue weighted by molar-refractivity contribution is 5.94. The second-order valence-corrected chi connectivity index (χ2v) is 9.29. The fourth-order valence-electron chi connectivity index (χ4n) is 5.08. The SMILES string of the molecule is CCOC(=O)c1cnc(N2CCCC2)nc1NC1CCC(NCC(=O)N2CCC[C@H]2C#N)CC1. The Bertz CT molecular complexity index is 904. The average Bonchev–Trinajstić information content (AvgIpc) is 3.56.